The number of benzene rings is 2. The topological polar surface area (TPSA) is 87.3 Å². The summed E-state index contributed by atoms with van der Waals surface area (Å²) in [5.41, 5.74) is 2.62. The van der Waals surface area contributed by atoms with Gasteiger partial charge in [0.1, 0.15) is 0 Å². The van der Waals surface area contributed by atoms with Gasteiger partial charge in [-0.05, 0) is 88.0 Å². The van der Waals surface area contributed by atoms with Gasteiger partial charge in [0.2, 0.25) is 10.0 Å². The minimum atomic E-state index is -3.63. The maximum Gasteiger partial charge on any atom is 0.255 e. The summed E-state index contributed by atoms with van der Waals surface area (Å²) in [7, 11) is -3.63. The average Bonchev–Trinajstić information content (AvgIpc) is 2.71. The molecule has 3 rings (SSSR count). The lowest BCUT2D eigenvalue weighted by atomic mass is 9.92. The Morgan fingerprint density at radius 1 is 1.07 bits per heavy atom. The van der Waals surface area contributed by atoms with Gasteiger partial charge in [-0.25, -0.2) is 13.1 Å². The van der Waals surface area contributed by atoms with Crippen molar-refractivity contribution in [2.24, 2.45) is 5.92 Å². The first-order chi connectivity index (χ1) is 13.8. The fraction of sp³-hybridized carbons (Fsp3) is 0.409. The summed E-state index contributed by atoms with van der Waals surface area (Å²) in [5.74, 6) is 0.114. The van der Waals surface area contributed by atoms with E-state index in [4.69, 9.17) is 0 Å². The number of aryl methyl sites for hydroxylation is 2. The quantitative estimate of drug-likeness (QED) is 0.676. The molecule has 1 aliphatic rings. The molecule has 1 aliphatic heterocycles. The molecule has 1 saturated heterocycles. The van der Waals surface area contributed by atoms with Crippen LogP contribution >= 0.6 is 0 Å². The lowest BCUT2D eigenvalue weighted by molar-refractivity contribution is 0.102. The second kappa shape index (κ2) is 9.07. The molecule has 0 saturated carbocycles. The monoisotopic (exact) mass is 415 g/mol. The summed E-state index contributed by atoms with van der Waals surface area (Å²) < 4.78 is 28.7. The molecule has 29 heavy (non-hydrogen) atoms. The Hall–Kier alpha value is -2.22. The van der Waals surface area contributed by atoms with Crippen LogP contribution in [0.2, 0.25) is 0 Å². The van der Waals surface area contributed by atoms with Crippen LogP contribution in [0, 0.1) is 19.8 Å². The summed E-state index contributed by atoms with van der Waals surface area (Å²) >= 11 is 0. The van der Waals surface area contributed by atoms with Crippen LogP contribution in [0.15, 0.2) is 47.4 Å². The molecule has 1 fully saturated rings. The molecule has 0 spiro atoms. The second-order valence-electron chi connectivity index (χ2n) is 7.75. The maximum absolute atomic E-state index is 12.9. The van der Waals surface area contributed by atoms with Gasteiger partial charge in [0.15, 0.2) is 0 Å². The minimum absolute atomic E-state index is 0.125. The van der Waals surface area contributed by atoms with Crippen LogP contribution in [0.5, 0.6) is 0 Å². The average molecular weight is 416 g/mol. The molecular weight excluding hydrogens is 386 g/mol. The van der Waals surface area contributed by atoms with Gasteiger partial charge in [-0.3, -0.25) is 4.79 Å². The number of amides is 1. The Balaban J connectivity index is 1.78. The van der Waals surface area contributed by atoms with Gasteiger partial charge >= 0.3 is 0 Å². The third kappa shape index (κ3) is 5.23. The van der Waals surface area contributed by atoms with Gasteiger partial charge in [-0.15, -0.1) is 0 Å². The van der Waals surface area contributed by atoms with Gasteiger partial charge in [-0.2, -0.15) is 0 Å². The molecule has 1 amide bonds. The van der Waals surface area contributed by atoms with E-state index in [0.29, 0.717) is 28.3 Å². The Morgan fingerprint density at radius 2 is 1.66 bits per heavy atom. The van der Waals surface area contributed by atoms with Crippen molar-refractivity contribution in [2.75, 3.05) is 18.4 Å². The van der Waals surface area contributed by atoms with E-state index in [1.807, 2.05) is 26.8 Å². The van der Waals surface area contributed by atoms with Crippen molar-refractivity contribution in [3.63, 3.8) is 0 Å². The summed E-state index contributed by atoms with van der Waals surface area (Å²) in [6.45, 7) is 7.39. The first-order valence-corrected chi connectivity index (χ1v) is 11.5. The Labute approximate surface area is 173 Å². The molecule has 0 aromatic heterocycles. The standard InChI is InChI=1S/C22H29N3O3S/c1-15-13-20(29(27,28)25-17(3)18-9-11-23-12-10-18)14-16(2)21(15)24-22(26)19-7-5-4-6-8-19/h4-8,13-14,17-18,23,25H,9-12H2,1-3H3,(H,24,26)/t17-/m1/s1. The smallest absolute Gasteiger partial charge is 0.255 e. The highest BCUT2D eigenvalue weighted by molar-refractivity contribution is 7.89. The number of hydrogen-bond acceptors (Lipinski definition) is 4. The fourth-order valence-corrected chi connectivity index (χ4v) is 5.29. The Morgan fingerprint density at radius 3 is 2.24 bits per heavy atom. The van der Waals surface area contributed by atoms with Crippen molar-refractivity contribution < 1.29 is 13.2 Å². The third-order valence-electron chi connectivity index (χ3n) is 5.52. The van der Waals surface area contributed by atoms with E-state index in [1.54, 1.807) is 36.4 Å². The highest BCUT2D eigenvalue weighted by atomic mass is 32.2. The minimum Gasteiger partial charge on any atom is -0.322 e. The van der Waals surface area contributed by atoms with Crippen molar-refractivity contribution in [2.45, 2.75) is 44.6 Å². The van der Waals surface area contributed by atoms with E-state index in [9.17, 15) is 13.2 Å². The lowest BCUT2D eigenvalue weighted by Crippen LogP contribution is -2.42. The molecule has 156 valence electrons. The number of hydrogen-bond donors (Lipinski definition) is 3. The zero-order valence-corrected chi connectivity index (χ0v) is 18.0. The van der Waals surface area contributed by atoms with Crippen LogP contribution < -0.4 is 15.4 Å². The molecule has 2 aromatic carbocycles. The molecule has 3 N–H and O–H groups in total. The van der Waals surface area contributed by atoms with Crippen molar-refractivity contribution in [3.05, 3.63) is 59.2 Å². The van der Waals surface area contributed by atoms with Crippen LogP contribution in [0.25, 0.3) is 0 Å². The molecule has 0 bridgehead atoms. The molecular formula is C22H29N3O3S. The largest absolute Gasteiger partial charge is 0.322 e. The van der Waals surface area contributed by atoms with Crippen molar-refractivity contribution >= 4 is 21.6 Å². The molecule has 0 unspecified atom stereocenters. The number of nitrogens with one attached hydrogen (secondary N) is 3. The molecule has 2 aromatic rings. The molecule has 1 atom stereocenters. The molecule has 0 aliphatic carbocycles. The zero-order chi connectivity index (χ0) is 21.0. The Kier molecular flexibility index (Phi) is 6.72. The summed E-state index contributed by atoms with van der Waals surface area (Å²) in [6, 6.07) is 12.1. The first-order valence-electron chi connectivity index (χ1n) is 9.98. The van der Waals surface area contributed by atoms with Gasteiger partial charge in [0.25, 0.3) is 5.91 Å². The zero-order valence-electron chi connectivity index (χ0n) is 17.2. The third-order valence-corrected chi connectivity index (χ3v) is 7.06. The predicted octanol–water partition coefficient (Wildman–Crippen LogP) is 3.22. The van der Waals surface area contributed by atoms with Crippen LogP contribution in [-0.2, 0) is 10.0 Å². The normalized spacial score (nSPS) is 16.4. The van der Waals surface area contributed by atoms with Gasteiger partial charge < -0.3 is 10.6 Å². The summed E-state index contributed by atoms with van der Waals surface area (Å²) in [4.78, 5) is 12.7. The lowest BCUT2D eigenvalue weighted by Gasteiger charge is -2.28. The van der Waals surface area contributed by atoms with Crippen LogP contribution in [-0.4, -0.2) is 33.5 Å². The van der Waals surface area contributed by atoms with Gasteiger partial charge in [0, 0.05) is 17.3 Å². The summed E-state index contributed by atoms with van der Waals surface area (Å²) in [5, 5.41) is 6.21. The van der Waals surface area contributed by atoms with Gasteiger partial charge in [-0.1, -0.05) is 18.2 Å². The fourth-order valence-electron chi connectivity index (χ4n) is 3.80. The number of carbonyl (C=O) groups is 1. The van der Waals surface area contributed by atoms with E-state index in [1.165, 1.54) is 0 Å². The van der Waals surface area contributed by atoms with Crippen molar-refractivity contribution in [1.29, 1.82) is 0 Å². The predicted molar refractivity (Wildman–Crippen MR) is 116 cm³/mol. The molecule has 7 heteroatoms. The van der Waals surface area contributed by atoms with E-state index < -0.39 is 10.0 Å². The highest BCUT2D eigenvalue weighted by Gasteiger charge is 2.26. The number of piperidine rings is 1. The number of rotatable bonds is 6. The molecule has 6 nitrogen and oxygen atoms in total. The van der Waals surface area contributed by atoms with E-state index in [-0.39, 0.29) is 16.8 Å². The number of anilines is 1. The number of sulfonamides is 1. The highest BCUT2D eigenvalue weighted by Crippen LogP contribution is 2.26. The summed E-state index contributed by atoms with van der Waals surface area (Å²) in [6.07, 6.45) is 1.93. The second-order valence-corrected chi connectivity index (χ2v) is 9.46. The van der Waals surface area contributed by atoms with Crippen molar-refractivity contribution in [3.8, 4) is 0 Å². The molecule has 0 radical (unpaired) electrons. The van der Waals surface area contributed by atoms with E-state index >= 15 is 0 Å². The van der Waals surface area contributed by atoms with Crippen LogP contribution in [0.3, 0.4) is 0 Å². The van der Waals surface area contributed by atoms with E-state index in [0.717, 1.165) is 25.9 Å². The SMILES string of the molecule is Cc1cc(S(=O)(=O)N[C@H](C)C2CCNCC2)cc(C)c1NC(=O)c1ccccc1. The van der Waals surface area contributed by atoms with Crippen molar-refractivity contribution in [1.82, 2.24) is 10.0 Å². The Bertz CT molecular complexity index is 945. The first kappa shape index (κ1) is 21.5. The van der Waals surface area contributed by atoms with Crippen LogP contribution in [0.1, 0.15) is 41.3 Å². The molecule has 1 heterocycles. The number of carbonyl (C=O) groups excluding carboxylic acids is 1. The van der Waals surface area contributed by atoms with E-state index in [2.05, 4.69) is 15.4 Å². The van der Waals surface area contributed by atoms with Crippen LogP contribution in [0.4, 0.5) is 5.69 Å². The maximum atomic E-state index is 12.9. The van der Waals surface area contributed by atoms with Gasteiger partial charge in [0.05, 0.1) is 4.90 Å².